The molecule has 2 rings (SSSR count). The predicted molar refractivity (Wildman–Crippen MR) is 99.7 cm³/mol. The van der Waals surface area contributed by atoms with E-state index >= 15 is 0 Å². The number of aryl methyl sites for hydroxylation is 4. The van der Waals surface area contributed by atoms with Gasteiger partial charge in [0.15, 0.2) is 5.96 Å². The highest BCUT2D eigenvalue weighted by Crippen LogP contribution is 2.24. The number of aliphatic imine (C=N–C) groups is 1. The van der Waals surface area contributed by atoms with Crippen molar-refractivity contribution in [2.45, 2.75) is 53.4 Å². The molecule has 130 valence electrons. The molecule has 1 aromatic heterocycles. The van der Waals surface area contributed by atoms with Crippen LogP contribution in [-0.2, 0) is 12.8 Å². The third-order valence-electron chi connectivity index (χ3n) is 4.37. The molecule has 0 bridgehead atoms. The number of hydrogen-bond donors (Lipinski definition) is 2. The molecular formula is C19H28N4O. The van der Waals surface area contributed by atoms with Crippen LogP contribution in [0.1, 0.15) is 54.8 Å². The van der Waals surface area contributed by atoms with Gasteiger partial charge < -0.3 is 15.6 Å². The van der Waals surface area contributed by atoms with E-state index in [1.807, 2.05) is 13.8 Å². The standard InChI is InChI=1S/C19H28N4O/c1-6-15-9-8-10-16(7-2)18(15)22-19(20)21-11-12(3)17-13(4)23-24-14(17)5/h8-10,12H,6-7,11H2,1-5H3,(H3,20,21,22). The fraction of sp³-hybridized carbons (Fsp3) is 0.474. The van der Waals surface area contributed by atoms with E-state index in [1.54, 1.807) is 0 Å². The fourth-order valence-electron chi connectivity index (χ4n) is 3.09. The molecule has 0 aliphatic heterocycles. The highest BCUT2D eigenvalue weighted by atomic mass is 16.5. The van der Waals surface area contributed by atoms with Crippen LogP contribution in [0.25, 0.3) is 0 Å². The summed E-state index contributed by atoms with van der Waals surface area (Å²) in [6, 6.07) is 6.35. The summed E-state index contributed by atoms with van der Waals surface area (Å²) >= 11 is 0. The van der Waals surface area contributed by atoms with E-state index in [-0.39, 0.29) is 5.92 Å². The lowest BCUT2D eigenvalue weighted by molar-refractivity contribution is 0.391. The average molecular weight is 328 g/mol. The zero-order valence-electron chi connectivity index (χ0n) is 15.3. The molecule has 1 aromatic carbocycles. The highest BCUT2D eigenvalue weighted by Gasteiger charge is 2.16. The van der Waals surface area contributed by atoms with Gasteiger partial charge in [0, 0.05) is 23.7 Å². The van der Waals surface area contributed by atoms with Crippen molar-refractivity contribution in [1.82, 2.24) is 5.16 Å². The van der Waals surface area contributed by atoms with Crippen LogP contribution in [0.15, 0.2) is 27.7 Å². The molecular weight excluding hydrogens is 300 g/mol. The Kier molecular flexibility index (Phi) is 6.01. The summed E-state index contributed by atoms with van der Waals surface area (Å²) in [4.78, 5) is 4.52. The van der Waals surface area contributed by atoms with Crippen molar-refractivity contribution in [3.63, 3.8) is 0 Å². The van der Waals surface area contributed by atoms with E-state index in [9.17, 15) is 0 Å². The van der Waals surface area contributed by atoms with Gasteiger partial charge >= 0.3 is 0 Å². The van der Waals surface area contributed by atoms with E-state index in [4.69, 9.17) is 10.3 Å². The molecule has 0 radical (unpaired) electrons. The van der Waals surface area contributed by atoms with Gasteiger partial charge in [-0.05, 0) is 37.8 Å². The second kappa shape index (κ2) is 7.99. The Morgan fingerprint density at radius 3 is 2.38 bits per heavy atom. The molecule has 1 heterocycles. The van der Waals surface area contributed by atoms with E-state index in [1.165, 1.54) is 11.1 Å². The normalized spacial score (nSPS) is 13.1. The maximum Gasteiger partial charge on any atom is 0.193 e. The number of guanidine groups is 1. The molecule has 3 N–H and O–H groups in total. The first kappa shape index (κ1) is 18.0. The van der Waals surface area contributed by atoms with Crippen molar-refractivity contribution in [3.05, 3.63) is 46.3 Å². The zero-order valence-corrected chi connectivity index (χ0v) is 15.3. The number of aromatic nitrogens is 1. The predicted octanol–water partition coefficient (Wildman–Crippen LogP) is 3.95. The van der Waals surface area contributed by atoms with Gasteiger partial charge in [-0.15, -0.1) is 0 Å². The topological polar surface area (TPSA) is 76.4 Å². The Hall–Kier alpha value is -2.30. The van der Waals surface area contributed by atoms with Crippen LogP contribution < -0.4 is 11.1 Å². The van der Waals surface area contributed by atoms with E-state index < -0.39 is 0 Å². The first-order valence-corrected chi connectivity index (χ1v) is 8.58. The zero-order chi connectivity index (χ0) is 17.7. The van der Waals surface area contributed by atoms with Crippen molar-refractivity contribution >= 4 is 11.6 Å². The number of hydrogen-bond acceptors (Lipinski definition) is 3. The Morgan fingerprint density at radius 1 is 1.25 bits per heavy atom. The van der Waals surface area contributed by atoms with Gasteiger partial charge in [0.25, 0.3) is 0 Å². The van der Waals surface area contributed by atoms with Gasteiger partial charge in [-0.25, -0.2) is 0 Å². The molecule has 0 amide bonds. The molecule has 0 fully saturated rings. The average Bonchev–Trinajstić information content (AvgIpc) is 2.91. The van der Waals surface area contributed by atoms with Crippen molar-refractivity contribution in [2.24, 2.45) is 10.7 Å². The third-order valence-corrected chi connectivity index (χ3v) is 4.37. The van der Waals surface area contributed by atoms with Gasteiger partial charge in [-0.2, -0.15) is 0 Å². The molecule has 5 heteroatoms. The van der Waals surface area contributed by atoms with Crippen LogP contribution in [0.4, 0.5) is 5.69 Å². The molecule has 0 aliphatic rings. The van der Waals surface area contributed by atoms with E-state index in [0.717, 1.165) is 35.5 Å². The van der Waals surface area contributed by atoms with Crippen LogP contribution in [0.5, 0.6) is 0 Å². The smallest absolute Gasteiger partial charge is 0.193 e. The summed E-state index contributed by atoms with van der Waals surface area (Å²) in [6.45, 7) is 10.9. The summed E-state index contributed by atoms with van der Waals surface area (Å²) in [5.74, 6) is 1.51. The first-order chi connectivity index (χ1) is 11.5. The summed E-state index contributed by atoms with van der Waals surface area (Å²) in [5, 5.41) is 7.31. The summed E-state index contributed by atoms with van der Waals surface area (Å²) in [5.41, 5.74) is 11.8. The van der Waals surface area contributed by atoms with Crippen LogP contribution >= 0.6 is 0 Å². The lowest BCUT2D eigenvalue weighted by Crippen LogP contribution is -2.25. The van der Waals surface area contributed by atoms with Gasteiger partial charge in [-0.1, -0.05) is 44.1 Å². The highest BCUT2D eigenvalue weighted by molar-refractivity contribution is 5.93. The minimum absolute atomic E-state index is 0.212. The van der Waals surface area contributed by atoms with Gasteiger partial charge in [0.2, 0.25) is 0 Å². The summed E-state index contributed by atoms with van der Waals surface area (Å²) in [6.07, 6.45) is 1.91. The number of nitrogens with one attached hydrogen (secondary N) is 1. The number of para-hydroxylation sites is 1. The minimum atomic E-state index is 0.212. The lowest BCUT2D eigenvalue weighted by atomic mass is 10.00. The minimum Gasteiger partial charge on any atom is -0.370 e. The molecule has 0 aliphatic carbocycles. The fourth-order valence-corrected chi connectivity index (χ4v) is 3.09. The Labute approximate surface area is 144 Å². The van der Waals surface area contributed by atoms with E-state index in [0.29, 0.717) is 12.5 Å². The number of rotatable bonds is 6. The number of nitrogens with two attached hydrogens (primary N) is 1. The Balaban J connectivity index is 2.13. The van der Waals surface area contributed by atoms with Crippen LogP contribution in [0, 0.1) is 13.8 Å². The number of benzene rings is 1. The van der Waals surface area contributed by atoms with Crippen LogP contribution in [0.2, 0.25) is 0 Å². The molecule has 0 saturated carbocycles. The second-order valence-electron chi connectivity index (χ2n) is 6.15. The Morgan fingerprint density at radius 2 is 1.88 bits per heavy atom. The number of anilines is 1. The van der Waals surface area contributed by atoms with Crippen LogP contribution in [-0.4, -0.2) is 17.7 Å². The maximum absolute atomic E-state index is 6.13. The maximum atomic E-state index is 6.13. The van der Waals surface area contributed by atoms with Gasteiger partial charge in [0.1, 0.15) is 5.76 Å². The SMILES string of the molecule is CCc1cccc(CC)c1NC(N)=NCC(C)c1c(C)noc1C. The van der Waals surface area contributed by atoms with Gasteiger partial charge in [-0.3, -0.25) is 4.99 Å². The van der Waals surface area contributed by atoms with Crippen molar-refractivity contribution in [2.75, 3.05) is 11.9 Å². The van der Waals surface area contributed by atoms with Crippen molar-refractivity contribution in [3.8, 4) is 0 Å². The molecule has 0 saturated heterocycles. The van der Waals surface area contributed by atoms with Crippen LogP contribution in [0.3, 0.4) is 0 Å². The summed E-state index contributed by atoms with van der Waals surface area (Å²) < 4.78 is 5.23. The lowest BCUT2D eigenvalue weighted by Gasteiger charge is -2.15. The Bertz CT molecular complexity index is 676. The quantitative estimate of drug-likeness (QED) is 0.622. The summed E-state index contributed by atoms with van der Waals surface area (Å²) in [7, 11) is 0. The molecule has 24 heavy (non-hydrogen) atoms. The largest absolute Gasteiger partial charge is 0.370 e. The van der Waals surface area contributed by atoms with Crippen molar-refractivity contribution < 1.29 is 4.52 Å². The molecule has 0 spiro atoms. The first-order valence-electron chi connectivity index (χ1n) is 8.58. The number of nitrogens with zero attached hydrogens (tertiary/aromatic N) is 2. The molecule has 1 atom stereocenters. The monoisotopic (exact) mass is 328 g/mol. The second-order valence-corrected chi connectivity index (χ2v) is 6.15. The van der Waals surface area contributed by atoms with E-state index in [2.05, 4.69) is 54.4 Å². The van der Waals surface area contributed by atoms with Crippen molar-refractivity contribution in [1.29, 1.82) is 0 Å². The molecule has 5 nitrogen and oxygen atoms in total. The molecule has 1 unspecified atom stereocenters. The van der Waals surface area contributed by atoms with Gasteiger partial charge in [0.05, 0.1) is 5.69 Å². The molecule has 2 aromatic rings. The third kappa shape index (κ3) is 3.96.